The van der Waals surface area contributed by atoms with Crippen molar-refractivity contribution in [1.82, 2.24) is 0 Å². The molecule has 0 N–H and O–H groups in total. The minimum absolute atomic E-state index is 0.424. The number of allylic oxidation sites excluding steroid dienone is 2. The van der Waals surface area contributed by atoms with Gasteiger partial charge in [-0.2, -0.15) is 10.2 Å². The van der Waals surface area contributed by atoms with Crippen LogP contribution in [-0.2, 0) is 0 Å². The first-order chi connectivity index (χ1) is 4.29. The summed E-state index contributed by atoms with van der Waals surface area (Å²) in [5.41, 5.74) is 1.18. The molecule has 0 fully saturated rings. The number of rotatable bonds is 0. The van der Waals surface area contributed by atoms with Crippen LogP contribution in [-0.4, -0.2) is 12.4 Å². The van der Waals surface area contributed by atoms with Crippen LogP contribution in [0.2, 0.25) is 0 Å². The van der Waals surface area contributed by atoms with Gasteiger partial charge in [-0.1, -0.05) is 13.0 Å². The Bertz CT molecular complexity index is 177. The van der Waals surface area contributed by atoms with Crippen LogP contribution in [0.25, 0.3) is 0 Å². The number of hydrogen-bond acceptors (Lipinski definition) is 2. The van der Waals surface area contributed by atoms with Crippen molar-refractivity contribution in [2.75, 3.05) is 0 Å². The lowest BCUT2D eigenvalue weighted by atomic mass is 10.1. The Balaban J connectivity index is 2.77. The molecule has 0 aromatic heterocycles. The summed E-state index contributed by atoms with van der Waals surface area (Å²) >= 11 is 0. The third-order valence-corrected chi connectivity index (χ3v) is 1.16. The number of nitrogens with zero attached hydrogens (tertiary/aromatic N) is 2. The van der Waals surface area contributed by atoms with Crippen molar-refractivity contribution in [3.63, 3.8) is 0 Å². The number of hydrogen-bond donors (Lipinski definition) is 0. The predicted octanol–water partition coefficient (Wildman–Crippen LogP) is 1.64. The molecule has 0 saturated heterocycles. The normalized spacial score (nSPS) is 25.6. The average molecular weight is 122 g/mol. The molecular weight excluding hydrogens is 112 g/mol. The van der Waals surface area contributed by atoms with E-state index in [9.17, 15) is 0 Å². The fraction of sp³-hybridized carbons (Fsp3) is 0.429. The molecular formula is C7H10N2. The average Bonchev–Trinajstić information content (AvgIpc) is 1.93. The van der Waals surface area contributed by atoms with Gasteiger partial charge in [-0.15, -0.1) is 0 Å². The zero-order chi connectivity index (χ0) is 6.69. The minimum atomic E-state index is 0.424. The summed E-state index contributed by atoms with van der Waals surface area (Å²) < 4.78 is 0. The third-order valence-electron chi connectivity index (χ3n) is 1.16. The van der Waals surface area contributed by atoms with E-state index in [0.717, 1.165) is 0 Å². The molecule has 0 aromatic carbocycles. The SMILES string of the molecule is CC1=CC(C)C=NN=C1. The monoisotopic (exact) mass is 122 g/mol. The molecule has 1 aliphatic heterocycles. The molecule has 0 spiro atoms. The molecule has 0 aliphatic carbocycles. The van der Waals surface area contributed by atoms with Crippen LogP contribution in [0.3, 0.4) is 0 Å². The molecule has 9 heavy (non-hydrogen) atoms. The minimum Gasteiger partial charge on any atom is -0.163 e. The molecule has 0 radical (unpaired) electrons. The molecule has 1 rings (SSSR count). The molecule has 48 valence electrons. The topological polar surface area (TPSA) is 24.7 Å². The van der Waals surface area contributed by atoms with Crippen molar-refractivity contribution in [2.45, 2.75) is 13.8 Å². The lowest BCUT2D eigenvalue weighted by molar-refractivity contribution is 1.01. The van der Waals surface area contributed by atoms with Gasteiger partial charge in [0.25, 0.3) is 0 Å². The second kappa shape index (κ2) is 2.58. The van der Waals surface area contributed by atoms with E-state index in [2.05, 4.69) is 23.2 Å². The summed E-state index contributed by atoms with van der Waals surface area (Å²) in [5, 5.41) is 7.57. The van der Waals surface area contributed by atoms with Crippen molar-refractivity contribution in [3.05, 3.63) is 11.6 Å². The van der Waals surface area contributed by atoms with Crippen LogP contribution >= 0.6 is 0 Å². The summed E-state index contributed by atoms with van der Waals surface area (Å²) in [4.78, 5) is 0. The van der Waals surface area contributed by atoms with Gasteiger partial charge in [-0.3, -0.25) is 0 Å². The Labute approximate surface area is 55.0 Å². The highest BCUT2D eigenvalue weighted by Crippen LogP contribution is 2.01. The molecule has 0 aromatic rings. The summed E-state index contributed by atoms with van der Waals surface area (Å²) in [6, 6.07) is 0. The van der Waals surface area contributed by atoms with Crippen molar-refractivity contribution >= 4 is 12.4 Å². The van der Waals surface area contributed by atoms with Gasteiger partial charge in [0, 0.05) is 12.1 Å². The van der Waals surface area contributed by atoms with Crippen LogP contribution in [0.15, 0.2) is 21.9 Å². The highest BCUT2D eigenvalue weighted by Gasteiger charge is 1.94. The maximum Gasteiger partial charge on any atom is 0.0521 e. The first-order valence-electron chi connectivity index (χ1n) is 3.04. The molecule has 0 amide bonds. The highest BCUT2D eigenvalue weighted by molar-refractivity contribution is 5.81. The zero-order valence-corrected chi connectivity index (χ0v) is 5.70. The molecule has 0 bridgehead atoms. The van der Waals surface area contributed by atoms with Gasteiger partial charge >= 0.3 is 0 Å². The first kappa shape index (κ1) is 6.20. The molecule has 1 heterocycles. The van der Waals surface area contributed by atoms with Crippen LogP contribution in [0.1, 0.15) is 13.8 Å². The molecule has 1 atom stereocenters. The zero-order valence-electron chi connectivity index (χ0n) is 5.70. The van der Waals surface area contributed by atoms with E-state index in [-0.39, 0.29) is 0 Å². The van der Waals surface area contributed by atoms with Gasteiger partial charge in [-0.05, 0) is 12.5 Å². The van der Waals surface area contributed by atoms with E-state index < -0.39 is 0 Å². The highest BCUT2D eigenvalue weighted by atomic mass is 15.2. The maximum absolute atomic E-state index is 3.79. The van der Waals surface area contributed by atoms with Gasteiger partial charge in [0.1, 0.15) is 0 Å². The van der Waals surface area contributed by atoms with Crippen molar-refractivity contribution in [2.24, 2.45) is 16.1 Å². The van der Waals surface area contributed by atoms with Crippen LogP contribution in [0.4, 0.5) is 0 Å². The van der Waals surface area contributed by atoms with E-state index in [1.807, 2.05) is 13.1 Å². The van der Waals surface area contributed by atoms with E-state index in [1.54, 1.807) is 6.21 Å². The fourth-order valence-electron chi connectivity index (χ4n) is 0.769. The van der Waals surface area contributed by atoms with Gasteiger partial charge < -0.3 is 0 Å². The lowest BCUT2D eigenvalue weighted by Gasteiger charge is -1.92. The molecule has 2 heteroatoms. The molecule has 1 aliphatic rings. The lowest BCUT2D eigenvalue weighted by Crippen LogP contribution is -1.89. The molecule has 2 nitrogen and oxygen atoms in total. The van der Waals surface area contributed by atoms with Gasteiger partial charge in [-0.25, -0.2) is 0 Å². The van der Waals surface area contributed by atoms with Crippen LogP contribution in [0.5, 0.6) is 0 Å². The summed E-state index contributed by atoms with van der Waals surface area (Å²) in [5.74, 6) is 0.424. The van der Waals surface area contributed by atoms with Crippen molar-refractivity contribution in [3.8, 4) is 0 Å². The molecule has 1 unspecified atom stereocenters. The maximum atomic E-state index is 3.79. The largest absolute Gasteiger partial charge is 0.163 e. The Hall–Kier alpha value is -0.920. The standard InChI is InChI=1S/C7H10N2/c1-6-3-7(2)5-9-8-4-6/h3-6H,1-2H3. The van der Waals surface area contributed by atoms with Gasteiger partial charge in [0.2, 0.25) is 0 Å². The Morgan fingerprint density at radius 3 is 3.00 bits per heavy atom. The van der Waals surface area contributed by atoms with E-state index in [0.29, 0.717) is 5.92 Å². The van der Waals surface area contributed by atoms with Crippen molar-refractivity contribution < 1.29 is 0 Å². The van der Waals surface area contributed by atoms with E-state index in [1.165, 1.54) is 5.57 Å². The second-order valence-electron chi connectivity index (χ2n) is 2.28. The Kier molecular flexibility index (Phi) is 1.78. The summed E-state index contributed by atoms with van der Waals surface area (Å²) in [6.07, 6.45) is 5.72. The van der Waals surface area contributed by atoms with E-state index >= 15 is 0 Å². The van der Waals surface area contributed by atoms with E-state index in [4.69, 9.17) is 0 Å². The second-order valence-corrected chi connectivity index (χ2v) is 2.28. The summed E-state index contributed by atoms with van der Waals surface area (Å²) in [7, 11) is 0. The smallest absolute Gasteiger partial charge is 0.0521 e. The summed E-state index contributed by atoms with van der Waals surface area (Å²) in [6.45, 7) is 4.11. The third kappa shape index (κ3) is 1.80. The van der Waals surface area contributed by atoms with Gasteiger partial charge in [0.15, 0.2) is 0 Å². The van der Waals surface area contributed by atoms with Gasteiger partial charge in [0.05, 0.1) is 6.21 Å². The first-order valence-corrected chi connectivity index (χ1v) is 3.04. The fourth-order valence-corrected chi connectivity index (χ4v) is 0.769. The Morgan fingerprint density at radius 2 is 2.22 bits per heavy atom. The Morgan fingerprint density at radius 1 is 1.44 bits per heavy atom. The molecule has 0 saturated carbocycles. The van der Waals surface area contributed by atoms with Crippen molar-refractivity contribution in [1.29, 1.82) is 0 Å². The van der Waals surface area contributed by atoms with Crippen LogP contribution in [0, 0.1) is 5.92 Å². The quantitative estimate of drug-likeness (QED) is 0.466. The van der Waals surface area contributed by atoms with Crippen LogP contribution < -0.4 is 0 Å². The predicted molar refractivity (Wildman–Crippen MR) is 39.9 cm³/mol.